The van der Waals surface area contributed by atoms with Gasteiger partial charge in [0.2, 0.25) is 0 Å². The normalized spacial score (nSPS) is 20.9. The van der Waals surface area contributed by atoms with E-state index in [-0.39, 0.29) is 0 Å². The third-order valence-electron chi connectivity index (χ3n) is 7.45. The molecule has 1 fully saturated rings. The van der Waals surface area contributed by atoms with E-state index in [1.807, 2.05) is 0 Å². The van der Waals surface area contributed by atoms with Gasteiger partial charge in [0.1, 0.15) is 0 Å². The summed E-state index contributed by atoms with van der Waals surface area (Å²) in [5.74, 6) is -11.6. The van der Waals surface area contributed by atoms with E-state index in [1.54, 1.807) is 4.48 Å². The minimum atomic E-state index is -3.91. The van der Waals surface area contributed by atoms with E-state index in [4.69, 9.17) is 14.2 Å². The molecule has 0 amide bonds. The molecule has 4 rings (SSSR count). The van der Waals surface area contributed by atoms with Crippen LogP contribution in [0.25, 0.3) is 0 Å². The van der Waals surface area contributed by atoms with Crippen molar-refractivity contribution in [3.8, 4) is 51.7 Å². The summed E-state index contributed by atoms with van der Waals surface area (Å²) < 4.78 is 15.1. The molecule has 1 aliphatic rings. The van der Waals surface area contributed by atoms with Gasteiger partial charge in [-0.15, -0.1) is 0 Å². The fourth-order valence-corrected chi connectivity index (χ4v) is 16.2. The Labute approximate surface area is 266 Å². The Morgan fingerprint density at radius 3 is 1.33 bits per heavy atom. The number of phenolic OH excluding ortho intramolecular Hbond substituents is 9. The van der Waals surface area contributed by atoms with Gasteiger partial charge in [-0.05, 0) is 0 Å². The number of aliphatic hydroxyl groups excluding tert-OH is 2. The van der Waals surface area contributed by atoms with Crippen molar-refractivity contribution >= 4 is 40.6 Å². The Bertz CT molecular complexity index is 1540. The minimum absolute atomic E-state index is 0.396. The number of ether oxygens (including phenoxy) is 3. The average molecular weight is 840 g/mol. The predicted octanol–water partition coefficient (Wildman–Crippen LogP) is 0.414. The SMILES string of the molecule is [CH3][Tl]1[C@H](COC(=O)c2cc(O)c(O)c(O)c2)[C@H](O)[C@H](OC(=O)c2cc(O)c(O)c(O)c2)[C@@H](O)[C@H]1OC(=O)c1cc(O)c(O)c(O)c1. The van der Waals surface area contributed by atoms with Crippen molar-refractivity contribution in [1.29, 1.82) is 0 Å². The van der Waals surface area contributed by atoms with Gasteiger partial charge in [-0.3, -0.25) is 0 Å². The molecule has 1 aliphatic heterocycles. The second kappa shape index (κ2) is 13.2. The molecule has 5 atom stereocenters. The zero-order valence-electron chi connectivity index (χ0n) is 23.5. The van der Waals surface area contributed by atoms with Gasteiger partial charge in [-0.1, -0.05) is 0 Å². The van der Waals surface area contributed by atoms with Gasteiger partial charge >= 0.3 is 267 Å². The van der Waals surface area contributed by atoms with Gasteiger partial charge in [0.25, 0.3) is 0 Å². The Hall–Kier alpha value is -4.89. The van der Waals surface area contributed by atoms with E-state index >= 15 is 0 Å². The molecular weight excluding hydrogens is 813 g/mol. The number of phenols is 9. The number of hydrogen-bond acceptors (Lipinski definition) is 17. The van der Waals surface area contributed by atoms with Crippen molar-refractivity contribution in [3.63, 3.8) is 0 Å². The third-order valence-corrected chi connectivity index (χ3v) is 21.1. The van der Waals surface area contributed by atoms with Crippen molar-refractivity contribution < 1.29 is 84.8 Å². The van der Waals surface area contributed by atoms with Crippen LogP contribution in [-0.4, -0.2) is 125 Å². The first-order valence-corrected chi connectivity index (χ1v) is 22.9. The van der Waals surface area contributed by atoms with E-state index in [1.165, 1.54) is 0 Å². The molecule has 0 aliphatic carbocycles. The summed E-state index contributed by atoms with van der Waals surface area (Å²) in [5, 5.41) is 110. The zero-order valence-corrected chi connectivity index (χ0v) is 28.0. The van der Waals surface area contributed by atoms with Crippen LogP contribution >= 0.6 is 0 Å². The maximum atomic E-state index is 13.0. The zero-order chi connectivity index (χ0) is 34.2. The van der Waals surface area contributed by atoms with Crippen molar-refractivity contribution in [2.45, 2.75) is 29.9 Å². The molecule has 18 heteroatoms. The quantitative estimate of drug-likeness (QED) is 0.0665. The first-order valence-electron chi connectivity index (χ1n) is 13.2. The fourth-order valence-electron chi connectivity index (χ4n) is 4.87. The van der Waals surface area contributed by atoms with Crippen molar-refractivity contribution in [2.75, 3.05) is 6.61 Å². The molecule has 0 radical (unpaired) electrons. The third kappa shape index (κ3) is 6.70. The average Bonchev–Trinajstić information content (AvgIpc) is 3.00. The van der Waals surface area contributed by atoms with Gasteiger partial charge in [-0.25, -0.2) is 0 Å². The van der Waals surface area contributed by atoms with Gasteiger partial charge < -0.3 is 0 Å². The second-order valence-corrected chi connectivity index (χ2v) is 23.0. The molecule has 244 valence electrons. The summed E-state index contributed by atoms with van der Waals surface area (Å²) in [6, 6.07) is 4.59. The van der Waals surface area contributed by atoms with Crippen LogP contribution < -0.4 is 0 Å². The van der Waals surface area contributed by atoms with Gasteiger partial charge in [-0.2, -0.15) is 0 Å². The first kappa shape index (κ1) is 34.0. The molecule has 0 spiro atoms. The summed E-state index contributed by atoms with van der Waals surface area (Å²) in [7, 11) is 0. The molecule has 17 nitrogen and oxygen atoms in total. The van der Waals surface area contributed by atoms with Crippen LogP contribution in [0.2, 0.25) is 7.96 Å². The number of benzene rings is 3. The molecule has 46 heavy (non-hydrogen) atoms. The number of aliphatic hydroxyl groups is 2. The first-order chi connectivity index (χ1) is 21.5. The monoisotopic (exact) mass is 840 g/mol. The standard InChI is InChI=1S/C27H24O17.CH3.Tl/c28-13(1-2-42-25(39)10-3-14(29)21(36)15(30)4-10)24(44-27(41)12-7-18(33)23(38)19(34)8-12)20(35)9-43-26(40)11-5-16(31)22(37)17(32)6-11;;/h1,3-9,13,20,24,28-38H,2H2;1H3;/t13-,20-,24-;;/m0../s1. The number of carbonyl (C=O) groups excluding carboxylic acids is 3. The molecule has 3 aromatic rings. The van der Waals surface area contributed by atoms with Crippen molar-refractivity contribution in [1.82, 2.24) is 0 Å². The molecule has 0 aromatic heterocycles. The molecule has 0 bridgehead atoms. The van der Waals surface area contributed by atoms with E-state index in [0.29, 0.717) is 0 Å². The van der Waals surface area contributed by atoms with Crippen LogP contribution in [0.1, 0.15) is 31.1 Å². The van der Waals surface area contributed by atoms with Crippen LogP contribution in [-0.2, 0) is 14.2 Å². The van der Waals surface area contributed by atoms with Crippen molar-refractivity contribution in [3.05, 3.63) is 53.1 Å². The Balaban J connectivity index is 1.64. The van der Waals surface area contributed by atoms with Gasteiger partial charge in [0, 0.05) is 0 Å². The summed E-state index contributed by atoms with van der Waals surface area (Å²) in [6.07, 6.45) is -5.52. The molecule has 3 aromatic carbocycles. The molecule has 0 saturated carbocycles. The van der Waals surface area contributed by atoms with E-state index < -0.39 is 141 Å². The Kier molecular flexibility index (Phi) is 9.77. The second-order valence-electron chi connectivity index (χ2n) is 10.4. The maximum absolute atomic E-state index is 13.0. The number of carbonyl (C=O) groups is 3. The number of rotatable bonds is 7. The van der Waals surface area contributed by atoms with Crippen LogP contribution in [0.5, 0.6) is 51.7 Å². The van der Waals surface area contributed by atoms with E-state index in [9.17, 15) is 70.6 Å². The number of aromatic hydroxyl groups is 9. The summed E-state index contributed by atoms with van der Waals surface area (Å²) in [4.78, 5) is 38.7. The van der Waals surface area contributed by atoms with Crippen LogP contribution in [0.3, 0.4) is 0 Å². The van der Waals surface area contributed by atoms with Gasteiger partial charge in [0.05, 0.1) is 0 Å². The summed E-state index contributed by atoms with van der Waals surface area (Å²) in [6.45, 7) is -0.610. The van der Waals surface area contributed by atoms with Gasteiger partial charge in [0.15, 0.2) is 0 Å². The number of hydrogen-bond donors (Lipinski definition) is 11. The van der Waals surface area contributed by atoms with Crippen molar-refractivity contribution in [2.24, 2.45) is 0 Å². The van der Waals surface area contributed by atoms with E-state index in [0.717, 1.165) is 36.4 Å². The predicted molar refractivity (Wildman–Crippen MR) is 150 cm³/mol. The van der Waals surface area contributed by atoms with Crippen LogP contribution in [0, 0.1) is 0 Å². The molecule has 0 unspecified atom stereocenters. The fraction of sp³-hybridized carbons (Fsp3) is 0.250. The summed E-state index contributed by atoms with van der Waals surface area (Å²) in [5.41, 5.74) is -1.37. The summed E-state index contributed by atoms with van der Waals surface area (Å²) >= 11 is -3.91. The van der Waals surface area contributed by atoms with Crippen LogP contribution in [0.15, 0.2) is 36.4 Å². The molecular formula is C28H27O17Tl. The van der Waals surface area contributed by atoms with E-state index in [2.05, 4.69) is 0 Å². The Morgan fingerprint density at radius 1 is 0.587 bits per heavy atom. The molecule has 1 heterocycles. The topological polar surface area (TPSA) is 301 Å². The molecule has 11 N–H and O–H groups in total. The van der Waals surface area contributed by atoms with Crippen LogP contribution in [0.4, 0.5) is 0 Å². The number of esters is 3. The molecule has 1 saturated heterocycles. The Morgan fingerprint density at radius 2 is 0.935 bits per heavy atom.